The highest BCUT2D eigenvalue weighted by molar-refractivity contribution is 6.33. The number of carbonyl (C=O) groups excluding carboxylic acids is 1. The summed E-state index contributed by atoms with van der Waals surface area (Å²) in [5.74, 6) is -0.297. The molecule has 0 aromatic heterocycles. The summed E-state index contributed by atoms with van der Waals surface area (Å²) in [6.45, 7) is 1.95. The SMILES string of the molecule is Cc1ccc(C(=O)/C=[N+](\[O-])c2ccccc2)cc1. The molecular formula is C15H13NO2. The van der Waals surface area contributed by atoms with Crippen molar-refractivity contribution in [1.29, 1.82) is 0 Å². The van der Waals surface area contributed by atoms with Gasteiger partial charge in [0.05, 0.1) is 0 Å². The van der Waals surface area contributed by atoms with Crippen LogP contribution in [-0.4, -0.2) is 16.7 Å². The Bertz CT molecular complexity index is 571. The van der Waals surface area contributed by atoms with Crippen LogP contribution in [0.1, 0.15) is 15.9 Å². The maximum Gasteiger partial charge on any atom is 0.250 e. The van der Waals surface area contributed by atoms with E-state index in [1.807, 2.05) is 25.1 Å². The van der Waals surface area contributed by atoms with E-state index >= 15 is 0 Å². The molecule has 0 saturated heterocycles. The van der Waals surface area contributed by atoms with Gasteiger partial charge in [0, 0.05) is 17.7 Å². The lowest BCUT2D eigenvalue weighted by Crippen LogP contribution is -2.08. The van der Waals surface area contributed by atoms with Crippen LogP contribution >= 0.6 is 0 Å². The van der Waals surface area contributed by atoms with Crippen LogP contribution in [0.25, 0.3) is 0 Å². The molecule has 2 aromatic carbocycles. The Hall–Kier alpha value is -2.42. The molecule has 3 nitrogen and oxygen atoms in total. The van der Waals surface area contributed by atoms with Gasteiger partial charge in [-0.2, -0.15) is 4.74 Å². The molecule has 90 valence electrons. The van der Waals surface area contributed by atoms with Crippen LogP contribution in [0, 0.1) is 12.1 Å². The van der Waals surface area contributed by atoms with Crippen molar-refractivity contribution < 1.29 is 9.53 Å². The molecule has 0 aliphatic carbocycles. The molecule has 0 heterocycles. The number of aryl methyl sites for hydroxylation is 1. The first-order valence-corrected chi connectivity index (χ1v) is 5.64. The molecule has 18 heavy (non-hydrogen) atoms. The minimum absolute atomic E-state index is 0.297. The Morgan fingerprint density at radius 1 is 1.06 bits per heavy atom. The molecule has 0 saturated carbocycles. The van der Waals surface area contributed by atoms with Gasteiger partial charge in [-0.1, -0.05) is 48.0 Å². The lowest BCUT2D eigenvalue weighted by molar-refractivity contribution is -0.353. The quantitative estimate of drug-likeness (QED) is 0.271. The van der Waals surface area contributed by atoms with E-state index in [2.05, 4.69) is 0 Å². The van der Waals surface area contributed by atoms with E-state index in [4.69, 9.17) is 0 Å². The van der Waals surface area contributed by atoms with Gasteiger partial charge in [-0.3, -0.25) is 4.79 Å². The predicted molar refractivity (Wildman–Crippen MR) is 71.3 cm³/mol. The zero-order valence-corrected chi connectivity index (χ0v) is 10.0. The maximum absolute atomic E-state index is 11.8. The standard InChI is InChI=1S/C15H13NO2/c1-12-7-9-13(10-8-12)15(17)11-16(18)14-5-3-2-4-6-14/h2-11H,1H3/b16-11-. The van der Waals surface area contributed by atoms with Gasteiger partial charge in [0.15, 0.2) is 0 Å². The molecule has 0 amide bonds. The number of para-hydroxylation sites is 1. The summed E-state index contributed by atoms with van der Waals surface area (Å²) in [5.41, 5.74) is 2.03. The van der Waals surface area contributed by atoms with Gasteiger partial charge >= 0.3 is 0 Å². The molecule has 0 atom stereocenters. The van der Waals surface area contributed by atoms with Crippen LogP contribution < -0.4 is 0 Å². The van der Waals surface area contributed by atoms with Crippen LogP contribution in [0.2, 0.25) is 0 Å². The monoisotopic (exact) mass is 239 g/mol. The summed E-state index contributed by atoms with van der Waals surface area (Å²) >= 11 is 0. The average molecular weight is 239 g/mol. The maximum atomic E-state index is 11.8. The molecule has 0 aliphatic heterocycles. The number of rotatable bonds is 3. The number of benzene rings is 2. The first-order chi connectivity index (χ1) is 8.66. The molecule has 0 fully saturated rings. The van der Waals surface area contributed by atoms with Crippen molar-refractivity contribution in [2.45, 2.75) is 6.92 Å². The van der Waals surface area contributed by atoms with E-state index in [1.165, 1.54) is 0 Å². The molecule has 0 N–H and O–H groups in total. The molecular weight excluding hydrogens is 226 g/mol. The number of Topliss-reactive ketones (excluding diaryl/α,β-unsaturated/α-hetero) is 1. The summed E-state index contributed by atoms with van der Waals surface area (Å²) in [4.78, 5) is 11.8. The zero-order valence-electron chi connectivity index (χ0n) is 10.0. The van der Waals surface area contributed by atoms with Crippen molar-refractivity contribution in [2.24, 2.45) is 0 Å². The van der Waals surface area contributed by atoms with Crippen LogP contribution in [0.4, 0.5) is 5.69 Å². The number of carbonyl (C=O) groups is 1. The molecule has 2 rings (SSSR count). The molecule has 0 unspecified atom stereocenters. The van der Waals surface area contributed by atoms with Crippen molar-refractivity contribution in [2.75, 3.05) is 0 Å². The van der Waals surface area contributed by atoms with E-state index in [0.29, 0.717) is 16.0 Å². The zero-order chi connectivity index (χ0) is 13.0. The lowest BCUT2D eigenvalue weighted by atomic mass is 10.1. The minimum atomic E-state index is -0.297. The van der Waals surface area contributed by atoms with Crippen LogP contribution in [0.15, 0.2) is 54.6 Å². The van der Waals surface area contributed by atoms with Gasteiger partial charge < -0.3 is 5.21 Å². The number of ketones is 1. The Balaban J connectivity index is 2.23. The molecule has 0 spiro atoms. The van der Waals surface area contributed by atoms with E-state index in [1.54, 1.807) is 36.4 Å². The third-order valence-corrected chi connectivity index (χ3v) is 2.58. The number of nitrogens with zero attached hydrogens (tertiary/aromatic N) is 1. The van der Waals surface area contributed by atoms with E-state index in [0.717, 1.165) is 11.8 Å². The highest BCUT2D eigenvalue weighted by Gasteiger charge is 2.08. The summed E-state index contributed by atoms with van der Waals surface area (Å²) in [6.07, 6.45) is 1.06. The number of hydrogen-bond donors (Lipinski definition) is 0. The first-order valence-electron chi connectivity index (χ1n) is 5.64. The molecule has 0 radical (unpaired) electrons. The fourth-order valence-corrected chi connectivity index (χ4v) is 1.55. The van der Waals surface area contributed by atoms with Gasteiger partial charge in [0.2, 0.25) is 17.7 Å². The van der Waals surface area contributed by atoms with Gasteiger partial charge in [0.25, 0.3) is 0 Å². The molecule has 0 aliphatic rings. The highest BCUT2D eigenvalue weighted by Crippen LogP contribution is 2.09. The Morgan fingerprint density at radius 2 is 1.67 bits per heavy atom. The molecule has 0 bridgehead atoms. The van der Waals surface area contributed by atoms with Crippen LogP contribution in [0.3, 0.4) is 0 Å². The number of hydrogen-bond acceptors (Lipinski definition) is 2. The van der Waals surface area contributed by atoms with Crippen molar-refractivity contribution in [3.63, 3.8) is 0 Å². The van der Waals surface area contributed by atoms with Gasteiger partial charge in [0.1, 0.15) is 0 Å². The van der Waals surface area contributed by atoms with Crippen molar-refractivity contribution in [3.8, 4) is 0 Å². The predicted octanol–water partition coefficient (Wildman–Crippen LogP) is 3.09. The molecule has 3 heteroatoms. The summed E-state index contributed by atoms with van der Waals surface area (Å²) in [6, 6.07) is 15.8. The Morgan fingerprint density at radius 3 is 2.28 bits per heavy atom. The Labute approximate surface area is 106 Å². The summed E-state index contributed by atoms with van der Waals surface area (Å²) in [5, 5.41) is 11.7. The fraction of sp³-hybridized carbons (Fsp3) is 0.0667. The van der Waals surface area contributed by atoms with E-state index in [9.17, 15) is 10.0 Å². The highest BCUT2D eigenvalue weighted by atomic mass is 16.5. The smallest absolute Gasteiger partial charge is 0.250 e. The third kappa shape index (κ3) is 2.83. The normalized spacial score (nSPS) is 11.3. The largest absolute Gasteiger partial charge is 0.618 e. The summed E-state index contributed by atoms with van der Waals surface area (Å²) < 4.78 is 0.586. The second kappa shape index (κ2) is 5.27. The van der Waals surface area contributed by atoms with Crippen molar-refractivity contribution in [3.05, 3.63) is 70.9 Å². The fourth-order valence-electron chi connectivity index (χ4n) is 1.55. The average Bonchev–Trinajstić information content (AvgIpc) is 2.40. The first kappa shape index (κ1) is 12.0. The van der Waals surface area contributed by atoms with Crippen molar-refractivity contribution >= 4 is 17.7 Å². The van der Waals surface area contributed by atoms with Crippen LogP contribution in [0.5, 0.6) is 0 Å². The van der Waals surface area contributed by atoms with Gasteiger partial charge in [-0.15, -0.1) is 0 Å². The second-order valence-corrected chi connectivity index (χ2v) is 4.02. The second-order valence-electron chi connectivity index (χ2n) is 4.02. The third-order valence-electron chi connectivity index (χ3n) is 2.58. The van der Waals surface area contributed by atoms with Crippen LogP contribution in [-0.2, 0) is 0 Å². The minimum Gasteiger partial charge on any atom is -0.618 e. The lowest BCUT2D eigenvalue weighted by Gasteiger charge is -2.02. The summed E-state index contributed by atoms with van der Waals surface area (Å²) in [7, 11) is 0. The van der Waals surface area contributed by atoms with E-state index < -0.39 is 0 Å². The molecule has 2 aromatic rings. The van der Waals surface area contributed by atoms with E-state index in [-0.39, 0.29) is 5.78 Å². The topological polar surface area (TPSA) is 43.1 Å². The van der Waals surface area contributed by atoms with Gasteiger partial charge in [-0.05, 0) is 6.92 Å². The Kier molecular flexibility index (Phi) is 3.53. The van der Waals surface area contributed by atoms with Gasteiger partial charge in [-0.25, -0.2) is 0 Å². The van der Waals surface area contributed by atoms with Crippen molar-refractivity contribution in [1.82, 2.24) is 0 Å².